The Morgan fingerprint density at radius 1 is 1.28 bits per heavy atom. The second-order valence-electron chi connectivity index (χ2n) is 5.85. The third kappa shape index (κ3) is 3.75. The predicted molar refractivity (Wildman–Crippen MR) is 106 cm³/mol. The van der Waals surface area contributed by atoms with Crippen molar-refractivity contribution in [3.8, 4) is 0 Å². The Hall–Kier alpha value is -3.50. The number of nitrogens with zero attached hydrogens (tertiary/aromatic N) is 6. The molecule has 10 nitrogen and oxygen atoms in total. The van der Waals surface area contributed by atoms with Crippen LogP contribution in [0, 0.1) is 10.1 Å². The molecule has 3 aromatic heterocycles. The lowest BCUT2D eigenvalue weighted by molar-refractivity contribution is -0.402. The Labute approximate surface area is 171 Å². The van der Waals surface area contributed by atoms with Gasteiger partial charge in [0, 0.05) is 10.0 Å². The molecule has 0 saturated carbocycles. The van der Waals surface area contributed by atoms with Gasteiger partial charge in [-0.3, -0.25) is 14.9 Å². The van der Waals surface area contributed by atoms with E-state index >= 15 is 0 Å². The van der Waals surface area contributed by atoms with Crippen LogP contribution in [-0.4, -0.2) is 30.6 Å². The van der Waals surface area contributed by atoms with E-state index in [0.717, 1.165) is 10.2 Å². The first-order valence-electron chi connectivity index (χ1n) is 8.08. The molecule has 12 heteroatoms. The molecule has 29 heavy (non-hydrogen) atoms. The minimum Gasteiger partial charge on any atom is -0.400 e. The summed E-state index contributed by atoms with van der Waals surface area (Å²) in [5.41, 5.74) is 0.673. The molecule has 0 amide bonds. The topological polar surface area (TPSA) is 121 Å². The van der Waals surface area contributed by atoms with E-state index < -0.39 is 16.4 Å². The Morgan fingerprint density at radius 2 is 2.10 bits per heavy atom. The first kappa shape index (κ1) is 18.8. The van der Waals surface area contributed by atoms with Crippen molar-refractivity contribution in [2.75, 3.05) is 0 Å². The molecule has 1 aromatic carbocycles. The lowest BCUT2D eigenvalue weighted by Gasteiger charge is -2.06. The van der Waals surface area contributed by atoms with Crippen molar-refractivity contribution >= 4 is 46.3 Å². The van der Waals surface area contributed by atoms with E-state index in [9.17, 15) is 14.9 Å². The Morgan fingerprint density at radius 3 is 2.83 bits per heavy atom. The molecule has 0 atom stereocenters. The van der Waals surface area contributed by atoms with Crippen molar-refractivity contribution in [3.05, 3.63) is 84.7 Å². The van der Waals surface area contributed by atoms with Crippen molar-refractivity contribution < 1.29 is 9.34 Å². The Bertz CT molecular complexity index is 1320. The van der Waals surface area contributed by atoms with Gasteiger partial charge in [0.2, 0.25) is 0 Å². The summed E-state index contributed by atoms with van der Waals surface area (Å²) in [6.07, 6.45) is 3.79. The standard InChI is InChI=1S/C17H10Cl2N6O4/c18-11-2-1-10(14(19)5-11)8-23-16-13(7-22-23)17(26)24(9-20-16)21-6-12-3-4-15(29-12)25(27)28/h1-7,9H,8H2/b21-6+. The summed E-state index contributed by atoms with van der Waals surface area (Å²) >= 11 is 12.1. The zero-order chi connectivity index (χ0) is 20.5. The number of hydrogen-bond donors (Lipinski definition) is 0. The monoisotopic (exact) mass is 432 g/mol. The first-order chi connectivity index (χ1) is 13.9. The number of furan rings is 1. The van der Waals surface area contributed by atoms with Crippen molar-refractivity contribution in [1.29, 1.82) is 0 Å². The minimum absolute atomic E-state index is 0.122. The lowest BCUT2D eigenvalue weighted by Crippen LogP contribution is -2.17. The van der Waals surface area contributed by atoms with Crippen LogP contribution in [0.25, 0.3) is 11.0 Å². The Balaban J connectivity index is 1.64. The predicted octanol–water partition coefficient (Wildman–Crippen LogP) is 3.33. The molecule has 0 N–H and O–H groups in total. The molecule has 0 bridgehead atoms. The van der Waals surface area contributed by atoms with Gasteiger partial charge in [0.05, 0.1) is 25.0 Å². The van der Waals surface area contributed by atoms with Gasteiger partial charge in [-0.1, -0.05) is 29.3 Å². The van der Waals surface area contributed by atoms with Gasteiger partial charge >= 0.3 is 5.88 Å². The third-order valence-corrected chi connectivity index (χ3v) is 4.56. The minimum atomic E-state index is -0.668. The summed E-state index contributed by atoms with van der Waals surface area (Å²) in [5.74, 6) is -0.300. The van der Waals surface area contributed by atoms with Crippen LogP contribution in [-0.2, 0) is 6.54 Å². The second-order valence-corrected chi connectivity index (χ2v) is 6.69. The first-order valence-corrected chi connectivity index (χ1v) is 8.83. The van der Waals surface area contributed by atoms with Crippen molar-refractivity contribution in [2.24, 2.45) is 5.10 Å². The van der Waals surface area contributed by atoms with Crippen LogP contribution in [0.5, 0.6) is 0 Å². The summed E-state index contributed by atoms with van der Waals surface area (Å²) in [6.45, 7) is 0.301. The summed E-state index contributed by atoms with van der Waals surface area (Å²) in [4.78, 5) is 26.8. The van der Waals surface area contributed by atoms with Gasteiger partial charge in [0.25, 0.3) is 5.56 Å². The molecule has 3 heterocycles. The molecule has 0 aliphatic carbocycles. The van der Waals surface area contributed by atoms with E-state index in [1.807, 2.05) is 0 Å². The fraction of sp³-hybridized carbons (Fsp3) is 0.0588. The van der Waals surface area contributed by atoms with E-state index in [1.165, 1.54) is 35.6 Å². The summed E-state index contributed by atoms with van der Waals surface area (Å²) in [7, 11) is 0. The SMILES string of the molecule is O=c1c2cnn(Cc3ccc(Cl)cc3Cl)c2ncn1/N=C/c1ccc([N+](=O)[O-])o1. The Kier molecular flexibility index (Phi) is 4.87. The van der Waals surface area contributed by atoms with E-state index in [-0.39, 0.29) is 11.1 Å². The molecule has 146 valence electrons. The van der Waals surface area contributed by atoms with Crippen LogP contribution in [0.3, 0.4) is 0 Å². The van der Waals surface area contributed by atoms with E-state index in [2.05, 4.69) is 15.2 Å². The molecule has 0 aliphatic heterocycles. The van der Waals surface area contributed by atoms with Gasteiger partial charge in [-0.2, -0.15) is 14.9 Å². The van der Waals surface area contributed by atoms with Crippen LogP contribution in [0.2, 0.25) is 10.0 Å². The smallest absolute Gasteiger partial charge is 0.400 e. The number of nitro groups is 1. The highest BCUT2D eigenvalue weighted by atomic mass is 35.5. The van der Waals surface area contributed by atoms with Gasteiger partial charge in [-0.15, -0.1) is 0 Å². The van der Waals surface area contributed by atoms with E-state index in [0.29, 0.717) is 22.2 Å². The normalized spacial score (nSPS) is 11.5. The summed E-state index contributed by atoms with van der Waals surface area (Å²) in [6, 6.07) is 7.66. The van der Waals surface area contributed by atoms with Gasteiger partial charge in [0.1, 0.15) is 16.6 Å². The maximum absolute atomic E-state index is 12.6. The fourth-order valence-corrected chi connectivity index (χ4v) is 3.06. The molecule has 0 unspecified atom stereocenters. The number of halogens is 2. The highest BCUT2D eigenvalue weighted by molar-refractivity contribution is 6.35. The van der Waals surface area contributed by atoms with Gasteiger partial charge in [-0.25, -0.2) is 9.67 Å². The maximum atomic E-state index is 12.6. The molecule has 0 aliphatic rings. The zero-order valence-corrected chi connectivity index (χ0v) is 15.9. The van der Waals surface area contributed by atoms with Crippen LogP contribution in [0.15, 0.2) is 57.2 Å². The van der Waals surface area contributed by atoms with Gasteiger partial charge < -0.3 is 4.42 Å². The average Bonchev–Trinajstić information content (AvgIpc) is 3.31. The highest BCUT2D eigenvalue weighted by Gasteiger charge is 2.13. The molecule has 0 radical (unpaired) electrons. The van der Waals surface area contributed by atoms with E-state index in [1.54, 1.807) is 18.2 Å². The third-order valence-electron chi connectivity index (χ3n) is 3.98. The summed E-state index contributed by atoms with van der Waals surface area (Å²) in [5, 5.41) is 20.0. The van der Waals surface area contributed by atoms with Crippen LogP contribution < -0.4 is 5.56 Å². The quantitative estimate of drug-likeness (QED) is 0.270. The molecule has 0 spiro atoms. The van der Waals surface area contributed by atoms with Crippen molar-refractivity contribution in [2.45, 2.75) is 6.54 Å². The lowest BCUT2D eigenvalue weighted by atomic mass is 10.2. The second kappa shape index (κ2) is 7.49. The number of benzene rings is 1. The van der Waals surface area contributed by atoms with Gasteiger partial charge in [0.15, 0.2) is 11.4 Å². The maximum Gasteiger partial charge on any atom is 0.433 e. The fourth-order valence-electron chi connectivity index (χ4n) is 2.59. The molecule has 0 saturated heterocycles. The van der Waals surface area contributed by atoms with E-state index in [4.69, 9.17) is 27.6 Å². The van der Waals surface area contributed by atoms with Gasteiger partial charge in [-0.05, 0) is 23.8 Å². The molecule has 4 aromatic rings. The van der Waals surface area contributed by atoms with Crippen LogP contribution >= 0.6 is 23.2 Å². The molecule has 0 fully saturated rings. The number of hydrogen-bond acceptors (Lipinski definition) is 7. The number of aromatic nitrogens is 4. The van der Waals surface area contributed by atoms with Crippen LogP contribution in [0.1, 0.15) is 11.3 Å². The largest absolute Gasteiger partial charge is 0.433 e. The summed E-state index contributed by atoms with van der Waals surface area (Å²) < 4.78 is 7.48. The van der Waals surface area contributed by atoms with Crippen LogP contribution in [0.4, 0.5) is 5.88 Å². The average molecular weight is 433 g/mol. The highest BCUT2D eigenvalue weighted by Crippen LogP contribution is 2.22. The number of fused-ring (bicyclic) bond motifs is 1. The van der Waals surface area contributed by atoms with Crippen molar-refractivity contribution in [3.63, 3.8) is 0 Å². The molecule has 4 rings (SSSR count). The molecular formula is C17H10Cl2N6O4. The number of rotatable bonds is 5. The van der Waals surface area contributed by atoms with Crippen molar-refractivity contribution in [1.82, 2.24) is 19.4 Å². The zero-order valence-electron chi connectivity index (χ0n) is 14.4. The molecular weight excluding hydrogens is 423 g/mol.